The number of aliphatic hydroxyl groups is 1. The summed E-state index contributed by atoms with van der Waals surface area (Å²) >= 11 is 0.976. The second-order valence-corrected chi connectivity index (χ2v) is 5.67. The van der Waals surface area contributed by atoms with Crippen molar-refractivity contribution in [1.82, 2.24) is 10.2 Å². The lowest BCUT2D eigenvalue weighted by Gasteiger charge is -2.18. The maximum absolute atomic E-state index is 12.1. The van der Waals surface area contributed by atoms with E-state index in [0.717, 1.165) is 11.3 Å². The highest BCUT2D eigenvalue weighted by Crippen LogP contribution is 2.20. The lowest BCUT2D eigenvalue weighted by atomic mass is 10.0. The van der Waals surface area contributed by atoms with Gasteiger partial charge in [0.2, 0.25) is 10.9 Å². The zero-order valence-electron chi connectivity index (χ0n) is 11.7. The number of ketones is 1. The van der Waals surface area contributed by atoms with Gasteiger partial charge in [-0.15, -0.1) is 10.2 Å². The van der Waals surface area contributed by atoms with E-state index in [4.69, 9.17) is 0 Å². The van der Waals surface area contributed by atoms with Crippen LogP contribution in [0.25, 0.3) is 0 Å². The molecule has 1 aromatic carbocycles. The number of anilines is 1. The highest BCUT2D eigenvalue weighted by atomic mass is 32.1. The van der Waals surface area contributed by atoms with Crippen LogP contribution in [-0.4, -0.2) is 32.6 Å². The van der Waals surface area contributed by atoms with Crippen molar-refractivity contribution in [2.45, 2.75) is 25.9 Å². The van der Waals surface area contributed by atoms with Crippen molar-refractivity contribution in [3.8, 4) is 0 Å². The summed E-state index contributed by atoms with van der Waals surface area (Å²) in [5.74, 6) is -0.823. The normalized spacial score (nSPS) is 13.5. The third-order valence-electron chi connectivity index (χ3n) is 3.05. The molecule has 0 fully saturated rings. The number of aromatic nitrogens is 2. The van der Waals surface area contributed by atoms with Crippen molar-refractivity contribution in [2.24, 2.45) is 0 Å². The Hall–Kier alpha value is -2.12. The van der Waals surface area contributed by atoms with Gasteiger partial charge in [-0.05, 0) is 13.3 Å². The summed E-state index contributed by atoms with van der Waals surface area (Å²) in [7, 11) is 0. The average Bonchev–Trinajstić information content (AvgIpc) is 2.95. The lowest BCUT2D eigenvalue weighted by molar-refractivity contribution is -0.132. The van der Waals surface area contributed by atoms with Crippen LogP contribution in [0, 0.1) is 0 Å². The van der Waals surface area contributed by atoms with Crippen molar-refractivity contribution in [3.63, 3.8) is 0 Å². The number of hydrogen-bond donors (Lipinski definition) is 2. The van der Waals surface area contributed by atoms with Gasteiger partial charge >= 0.3 is 0 Å². The Labute approximate surface area is 125 Å². The van der Waals surface area contributed by atoms with E-state index in [1.165, 1.54) is 6.92 Å². The van der Waals surface area contributed by atoms with Crippen molar-refractivity contribution in [2.75, 3.05) is 5.32 Å². The molecule has 2 rings (SSSR count). The standard InChI is InChI=1S/C14H15N3O3S/c1-3-14(2,20)12(19)15-13-17-16-11(21-13)10(18)9-7-5-4-6-8-9/h4-8,20H,3H2,1-2H3,(H,15,17,19). The quantitative estimate of drug-likeness (QED) is 0.823. The van der Waals surface area contributed by atoms with Crippen LogP contribution in [0.15, 0.2) is 30.3 Å². The summed E-state index contributed by atoms with van der Waals surface area (Å²) in [5, 5.41) is 20.2. The fraction of sp³-hybridized carbons (Fsp3) is 0.286. The molecule has 2 N–H and O–H groups in total. The van der Waals surface area contributed by atoms with Crippen LogP contribution in [0.5, 0.6) is 0 Å². The molecular formula is C14H15N3O3S. The van der Waals surface area contributed by atoms with E-state index in [1.807, 2.05) is 6.07 Å². The van der Waals surface area contributed by atoms with Crippen LogP contribution < -0.4 is 5.32 Å². The predicted octanol–water partition coefficient (Wildman–Crippen LogP) is 1.87. The molecule has 7 heteroatoms. The first-order valence-electron chi connectivity index (χ1n) is 6.41. The second-order valence-electron chi connectivity index (χ2n) is 4.69. The van der Waals surface area contributed by atoms with Crippen molar-refractivity contribution < 1.29 is 14.7 Å². The van der Waals surface area contributed by atoms with E-state index in [2.05, 4.69) is 15.5 Å². The molecule has 0 spiro atoms. The molecule has 0 radical (unpaired) electrons. The van der Waals surface area contributed by atoms with Crippen LogP contribution in [0.3, 0.4) is 0 Å². The first kappa shape index (κ1) is 15.3. The monoisotopic (exact) mass is 305 g/mol. The van der Waals surface area contributed by atoms with E-state index in [1.54, 1.807) is 31.2 Å². The van der Waals surface area contributed by atoms with Gasteiger partial charge in [-0.2, -0.15) is 0 Å². The molecule has 0 aliphatic heterocycles. The van der Waals surface area contributed by atoms with Crippen LogP contribution in [0.1, 0.15) is 35.6 Å². The van der Waals surface area contributed by atoms with Crippen molar-refractivity contribution in [1.29, 1.82) is 0 Å². The number of rotatable bonds is 5. The Bertz CT molecular complexity index is 652. The van der Waals surface area contributed by atoms with Gasteiger partial charge in [0, 0.05) is 5.56 Å². The minimum absolute atomic E-state index is 0.188. The fourth-order valence-electron chi connectivity index (χ4n) is 1.47. The van der Waals surface area contributed by atoms with Crippen molar-refractivity contribution in [3.05, 3.63) is 40.9 Å². The number of hydrogen-bond acceptors (Lipinski definition) is 6. The van der Waals surface area contributed by atoms with Crippen LogP contribution in [0.2, 0.25) is 0 Å². The predicted molar refractivity (Wildman–Crippen MR) is 79.3 cm³/mol. The van der Waals surface area contributed by atoms with E-state index in [0.29, 0.717) is 5.56 Å². The Balaban J connectivity index is 2.12. The molecule has 0 aliphatic rings. The fourth-order valence-corrected chi connectivity index (χ4v) is 2.17. The third kappa shape index (κ3) is 3.50. The number of nitrogens with one attached hydrogen (secondary N) is 1. The number of benzene rings is 1. The average molecular weight is 305 g/mol. The molecule has 1 heterocycles. The van der Waals surface area contributed by atoms with Gasteiger partial charge in [0.1, 0.15) is 5.60 Å². The summed E-state index contributed by atoms with van der Waals surface area (Å²) in [5.41, 5.74) is -0.970. The summed E-state index contributed by atoms with van der Waals surface area (Å²) in [4.78, 5) is 24.0. The molecular weight excluding hydrogens is 290 g/mol. The molecule has 6 nitrogen and oxygen atoms in total. The molecule has 1 amide bonds. The zero-order chi connectivity index (χ0) is 15.5. The first-order valence-corrected chi connectivity index (χ1v) is 7.23. The van der Waals surface area contributed by atoms with Gasteiger partial charge in [-0.1, -0.05) is 48.6 Å². The van der Waals surface area contributed by atoms with Gasteiger partial charge in [0.05, 0.1) is 0 Å². The number of nitrogens with zero attached hydrogens (tertiary/aromatic N) is 2. The smallest absolute Gasteiger partial charge is 0.257 e. The second kappa shape index (κ2) is 6.11. The Morgan fingerprint density at radius 3 is 2.57 bits per heavy atom. The zero-order valence-corrected chi connectivity index (χ0v) is 12.5. The summed E-state index contributed by atoms with van der Waals surface area (Å²) in [6.45, 7) is 3.11. The van der Waals surface area contributed by atoms with E-state index < -0.39 is 11.5 Å². The van der Waals surface area contributed by atoms with Gasteiger partial charge in [0.25, 0.3) is 5.91 Å². The third-order valence-corrected chi connectivity index (χ3v) is 3.89. The van der Waals surface area contributed by atoms with Crippen LogP contribution >= 0.6 is 11.3 Å². The largest absolute Gasteiger partial charge is 0.380 e. The molecule has 0 saturated heterocycles. The van der Waals surface area contributed by atoms with Crippen LogP contribution in [0.4, 0.5) is 5.13 Å². The van der Waals surface area contributed by atoms with E-state index in [9.17, 15) is 14.7 Å². The Morgan fingerprint density at radius 1 is 1.29 bits per heavy atom. The molecule has 0 saturated carbocycles. The number of amides is 1. The summed E-state index contributed by atoms with van der Waals surface area (Å²) in [6.07, 6.45) is 0.271. The van der Waals surface area contributed by atoms with Gasteiger partial charge < -0.3 is 5.11 Å². The highest BCUT2D eigenvalue weighted by Gasteiger charge is 2.29. The molecule has 21 heavy (non-hydrogen) atoms. The lowest BCUT2D eigenvalue weighted by Crippen LogP contribution is -2.39. The summed E-state index contributed by atoms with van der Waals surface area (Å²) in [6, 6.07) is 8.70. The van der Waals surface area contributed by atoms with E-state index >= 15 is 0 Å². The molecule has 1 unspecified atom stereocenters. The minimum atomic E-state index is -1.48. The van der Waals surface area contributed by atoms with Crippen LogP contribution in [-0.2, 0) is 4.79 Å². The Morgan fingerprint density at radius 2 is 1.95 bits per heavy atom. The highest BCUT2D eigenvalue weighted by molar-refractivity contribution is 7.17. The molecule has 110 valence electrons. The topological polar surface area (TPSA) is 92.2 Å². The SMILES string of the molecule is CCC(C)(O)C(=O)Nc1nnc(C(=O)c2ccccc2)s1. The maximum atomic E-state index is 12.1. The minimum Gasteiger partial charge on any atom is -0.380 e. The Kier molecular flexibility index (Phi) is 4.44. The molecule has 1 atom stereocenters. The first-order chi connectivity index (χ1) is 9.94. The molecule has 0 aliphatic carbocycles. The molecule has 0 bridgehead atoms. The number of carbonyl (C=O) groups excluding carboxylic acids is 2. The van der Waals surface area contributed by atoms with Gasteiger partial charge in [0.15, 0.2) is 5.01 Å². The number of carbonyl (C=O) groups is 2. The van der Waals surface area contributed by atoms with E-state index in [-0.39, 0.29) is 22.3 Å². The maximum Gasteiger partial charge on any atom is 0.257 e. The van der Waals surface area contributed by atoms with Gasteiger partial charge in [-0.3, -0.25) is 14.9 Å². The molecule has 1 aromatic heterocycles. The molecule has 2 aromatic rings. The summed E-state index contributed by atoms with van der Waals surface area (Å²) < 4.78 is 0. The van der Waals surface area contributed by atoms with Crippen molar-refractivity contribution >= 4 is 28.2 Å². The van der Waals surface area contributed by atoms with Gasteiger partial charge in [-0.25, -0.2) is 0 Å².